The second-order valence-electron chi connectivity index (χ2n) is 4.68. The molecule has 3 aromatic rings. The summed E-state index contributed by atoms with van der Waals surface area (Å²) in [5, 5.41) is 6.51. The van der Waals surface area contributed by atoms with Crippen molar-refractivity contribution in [3.63, 3.8) is 0 Å². The van der Waals surface area contributed by atoms with Crippen molar-refractivity contribution in [3.05, 3.63) is 65.8 Å². The van der Waals surface area contributed by atoms with Crippen molar-refractivity contribution in [2.24, 2.45) is 0 Å². The van der Waals surface area contributed by atoms with E-state index in [4.69, 9.17) is 4.52 Å². The molecule has 0 aliphatic carbocycles. The van der Waals surface area contributed by atoms with Gasteiger partial charge < -0.3 is 9.84 Å². The average Bonchev–Trinajstić information content (AvgIpc) is 2.96. The molecule has 1 aromatic heterocycles. The Morgan fingerprint density at radius 1 is 1.09 bits per heavy atom. The van der Waals surface area contributed by atoms with Gasteiger partial charge in [-0.3, -0.25) is 4.79 Å². The van der Waals surface area contributed by atoms with E-state index in [0.717, 1.165) is 5.56 Å². The highest BCUT2D eigenvalue weighted by atomic mass is 19.1. The van der Waals surface area contributed by atoms with Gasteiger partial charge in [0.2, 0.25) is 11.7 Å². The summed E-state index contributed by atoms with van der Waals surface area (Å²) in [6.45, 7) is 1.71. The minimum Gasteiger partial charge on any atom is -0.339 e. The first-order valence-electron chi connectivity index (χ1n) is 6.59. The smallest absolute Gasteiger partial charge is 0.255 e. The molecule has 2 aromatic carbocycles. The van der Waals surface area contributed by atoms with Crippen LogP contribution >= 0.6 is 0 Å². The third-order valence-electron chi connectivity index (χ3n) is 3.03. The largest absolute Gasteiger partial charge is 0.339 e. The molecular formula is C16H12FN3O2. The molecule has 0 saturated carbocycles. The van der Waals surface area contributed by atoms with Gasteiger partial charge in [0, 0.05) is 23.7 Å². The predicted octanol–water partition coefficient (Wildman–Crippen LogP) is 3.44. The highest BCUT2D eigenvalue weighted by Gasteiger charge is 2.09. The van der Waals surface area contributed by atoms with E-state index in [-0.39, 0.29) is 11.7 Å². The number of carbonyl (C=O) groups excluding carboxylic acids is 1. The van der Waals surface area contributed by atoms with Gasteiger partial charge in [-0.2, -0.15) is 4.98 Å². The number of aromatic nitrogens is 2. The van der Waals surface area contributed by atoms with Gasteiger partial charge in [0.25, 0.3) is 5.91 Å². The van der Waals surface area contributed by atoms with Crippen LogP contribution in [0.1, 0.15) is 16.2 Å². The summed E-state index contributed by atoms with van der Waals surface area (Å²) < 4.78 is 17.7. The number of rotatable bonds is 3. The third-order valence-corrected chi connectivity index (χ3v) is 3.03. The number of anilines is 1. The first-order valence-corrected chi connectivity index (χ1v) is 6.59. The molecule has 1 heterocycles. The second-order valence-corrected chi connectivity index (χ2v) is 4.68. The maximum atomic E-state index is 12.8. The van der Waals surface area contributed by atoms with E-state index in [0.29, 0.717) is 23.0 Å². The SMILES string of the molecule is Cc1nc(-c2ccc(C(=O)Nc3ccc(F)cc3)cc2)no1. The molecule has 0 spiro atoms. The number of nitrogens with zero attached hydrogens (tertiary/aromatic N) is 2. The lowest BCUT2D eigenvalue weighted by Gasteiger charge is -2.05. The normalized spacial score (nSPS) is 10.5. The number of nitrogens with one attached hydrogen (secondary N) is 1. The third kappa shape index (κ3) is 3.01. The minimum atomic E-state index is -0.349. The van der Waals surface area contributed by atoms with Crippen LogP contribution in [0.3, 0.4) is 0 Å². The van der Waals surface area contributed by atoms with Crippen LogP contribution in [0.5, 0.6) is 0 Å². The fraction of sp³-hybridized carbons (Fsp3) is 0.0625. The zero-order valence-electron chi connectivity index (χ0n) is 11.7. The van der Waals surface area contributed by atoms with Crippen LogP contribution in [-0.2, 0) is 0 Å². The first kappa shape index (κ1) is 13.9. The fourth-order valence-corrected chi connectivity index (χ4v) is 1.92. The first-order chi connectivity index (χ1) is 10.6. The number of hydrogen-bond acceptors (Lipinski definition) is 4. The Balaban J connectivity index is 1.74. The molecule has 1 N–H and O–H groups in total. The van der Waals surface area contributed by atoms with E-state index in [1.54, 1.807) is 31.2 Å². The van der Waals surface area contributed by atoms with Gasteiger partial charge in [0.05, 0.1) is 0 Å². The van der Waals surface area contributed by atoms with Gasteiger partial charge in [0.1, 0.15) is 5.82 Å². The molecule has 0 unspecified atom stereocenters. The predicted molar refractivity (Wildman–Crippen MR) is 78.8 cm³/mol. The topological polar surface area (TPSA) is 68.0 Å². The molecule has 110 valence electrons. The number of halogens is 1. The Hall–Kier alpha value is -3.02. The minimum absolute atomic E-state index is 0.276. The Kier molecular flexibility index (Phi) is 3.65. The van der Waals surface area contributed by atoms with Crippen LogP contribution in [0.4, 0.5) is 10.1 Å². The van der Waals surface area contributed by atoms with Crippen LogP contribution in [0, 0.1) is 12.7 Å². The number of hydrogen-bond donors (Lipinski definition) is 1. The second kappa shape index (κ2) is 5.77. The van der Waals surface area contributed by atoms with Gasteiger partial charge in [-0.25, -0.2) is 4.39 Å². The number of amides is 1. The summed E-state index contributed by atoms with van der Waals surface area (Å²) in [7, 11) is 0. The van der Waals surface area contributed by atoms with Crippen LogP contribution in [-0.4, -0.2) is 16.0 Å². The van der Waals surface area contributed by atoms with Crippen molar-refractivity contribution < 1.29 is 13.7 Å². The molecule has 0 aliphatic heterocycles. The summed E-state index contributed by atoms with van der Waals surface area (Å²) in [6.07, 6.45) is 0. The molecule has 6 heteroatoms. The Morgan fingerprint density at radius 2 is 1.77 bits per heavy atom. The zero-order chi connectivity index (χ0) is 15.5. The van der Waals surface area contributed by atoms with Gasteiger partial charge >= 0.3 is 0 Å². The molecule has 0 fully saturated rings. The molecular weight excluding hydrogens is 285 g/mol. The lowest BCUT2D eigenvalue weighted by molar-refractivity contribution is 0.102. The van der Waals surface area contributed by atoms with Crippen molar-refractivity contribution in [2.45, 2.75) is 6.92 Å². The van der Waals surface area contributed by atoms with E-state index in [2.05, 4.69) is 15.5 Å². The number of aryl methyl sites for hydroxylation is 1. The van der Waals surface area contributed by atoms with Gasteiger partial charge in [0.15, 0.2) is 0 Å². The summed E-state index contributed by atoms with van der Waals surface area (Å²) in [6, 6.07) is 12.4. The number of carbonyl (C=O) groups is 1. The van der Waals surface area contributed by atoms with Crippen molar-refractivity contribution in [1.82, 2.24) is 10.1 Å². The maximum Gasteiger partial charge on any atom is 0.255 e. The Morgan fingerprint density at radius 3 is 2.36 bits per heavy atom. The van der Waals surface area contributed by atoms with Crippen molar-refractivity contribution in [3.8, 4) is 11.4 Å². The fourth-order valence-electron chi connectivity index (χ4n) is 1.92. The van der Waals surface area contributed by atoms with Crippen molar-refractivity contribution in [2.75, 3.05) is 5.32 Å². The molecule has 0 saturated heterocycles. The molecule has 0 bridgehead atoms. The van der Waals surface area contributed by atoms with Crippen LogP contribution < -0.4 is 5.32 Å². The monoisotopic (exact) mass is 297 g/mol. The Labute approximate surface area is 125 Å². The summed E-state index contributed by atoms with van der Waals surface area (Å²) in [4.78, 5) is 16.2. The maximum absolute atomic E-state index is 12.8. The standard InChI is InChI=1S/C16H12FN3O2/c1-10-18-15(20-22-10)11-2-4-12(5-3-11)16(21)19-14-8-6-13(17)7-9-14/h2-9H,1H3,(H,19,21). The molecule has 0 aliphatic rings. The highest BCUT2D eigenvalue weighted by molar-refractivity contribution is 6.04. The van der Waals surface area contributed by atoms with Gasteiger partial charge in [-0.1, -0.05) is 17.3 Å². The molecule has 22 heavy (non-hydrogen) atoms. The summed E-state index contributed by atoms with van der Waals surface area (Å²) >= 11 is 0. The molecule has 5 nitrogen and oxygen atoms in total. The van der Waals surface area contributed by atoms with E-state index >= 15 is 0 Å². The van der Waals surface area contributed by atoms with E-state index in [1.807, 2.05) is 0 Å². The average molecular weight is 297 g/mol. The summed E-state index contributed by atoms with van der Waals surface area (Å²) in [5.74, 6) is 0.330. The highest BCUT2D eigenvalue weighted by Crippen LogP contribution is 2.17. The number of benzene rings is 2. The van der Waals surface area contributed by atoms with Crippen molar-refractivity contribution >= 4 is 11.6 Å². The van der Waals surface area contributed by atoms with Crippen LogP contribution in [0.25, 0.3) is 11.4 Å². The van der Waals surface area contributed by atoms with E-state index in [1.165, 1.54) is 24.3 Å². The molecule has 1 amide bonds. The molecule has 0 atom stereocenters. The lowest BCUT2D eigenvalue weighted by atomic mass is 10.1. The Bertz CT molecular complexity index is 795. The molecule has 0 radical (unpaired) electrons. The quantitative estimate of drug-likeness (QED) is 0.804. The van der Waals surface area contributed by atoms with Crippen LogP contribution in [0.2, 0.25) is 0 Å². The van der Waals surface area contributed by atoms with Gasteiger partial charge in [-0.15, -0.1) is 0 Å². The van der Waals surface area contributed by atoms with Gasteiger partial charge in [-0.05, 0) is 36.4 Å². The van der Waals surface area contributed by atoms with E-state index < -0.39 is 0 Å². The summed E-state index contributed by atoms with van der Waals surface area (Å²) in [5.41, 5.74) is 1.77. The van der Waals surface area contributed by atoms with Crippen molar-refractivity contribution in [1.29, 1.82) is 0 Å². The zero-order valence-corrected chi connectivity index (χ0v) is 11.7. The lowest BCUT2D eigenvalue weighted by Crippen LogP contribution is -2.11. The van der Waals surface area contributed by atoms with Crippen LogP contribution in [0.15, 0.2) is 53.1 Å². The van der Waals surface area contributed by atoms with E-state index in [9.17, 15) is 9.18 Å². The molecule has 3 rings (SSSR count).